The topological polar surface area (TPSA) is 113 Å². The minimum Gasteiger partial charge on any atom is -0.319 e. The van der Waals surface area contributed by atoms with E-state index in [4.69, 9.17) is 0 Å². The fourth-order valence-electron chi connectivity index (χ4n) is 3.93. The van der Waals surface area contributed by atoms with Crippen LogP contribution in [0.25, 0.3) is 10.8 Å². The third-order valence-corrected chi connectivity index (χ3v) is 7.49. The van der Waals surface area contributed by atoms with E-state index in [9.17, 15) is 22.8 Å². The van der Waals surface area contributed by atoms with Crippen LogP contribution in [0.4, 0.5) is 4.79 Å². The lowest BCUT2D eigenvalue weighted by Crippen LogP contribution is -2.41. The van der Waals surface area contributed by atoms with Crippen LogP contribution < -0.4 is 10.0 Å². The van der Waals surface area contributed by atoms with Gasteiger partial charge in [-0.3, -0.25) is 14.5 Å². The second kappa shape index (κ2) is 8.69. The molecule has 1 fully saturated rings. The van der Waals surface area contributed by atoms with Crippen molar-refractivity contribution in [2.75, 3.05) is 19.3 Å². The lowest BCUT2D eigenvalue weighted by Gasteiger charge is -2.24. The van der Waals surface area contributed by atoms with Gasteiger partial charge in [0.25, 0.3) is 5.91 Å². The molecule has 0 aliphatic carbocycles. The number of imide groups is 1. The van der Waals surface area contributed by atoms with Gasteiger partial charge < -0.3 is 5.32 Å². The van der Waals surface area contributed by atoms with Crippen LogP contribution in [0.2, 0.25) is 0 Å². The van der Waals surface area contributed by atoms with E-state index in [1.807, 2.05) is 42.5 Å². The number of nitrogens with one attached hydrogen (secondary N) is 2. The summed E-state index contributed by atoms with van der Waals surface area (Å²) in [7, 11) is -3.28. The first-order valence-corrected chi connectivity index (χ1v) is 13.0. The summed E-state index contributed by atoms with van der Waals surface area (Å²) >= 11 is 1.22. The number of sulfonamides is 1. The molecule has 8 nitrogen and oxygen atoms in total. The summed E-state index contributed by atoms with van der Waals surface area (Å²) in [6, 6.07) is 15.9. The highest BCUT2D eigenvalue weighted by Gasteiger charge is 2.50. The maximum Gasteiger partial charge on any atom is 0.325 e. The quantitative estimate of drug-likeness (QED) is 0.376. The van der Waals surface area contributed by atoms with E-state index in [1.165, 1.54) is 11.3 Å². The number of hydrogen-bond donors (Lipinski definition) is 2. The molecule has 10 heteroatoms. The van der Waals surface area contributed by atoms with Gasteiger partial charge in [0.1, 0.15) is 5.54 Å². The normalized spacial score (nSPS) is 18.7. The molecule has 1 aliphatic rings. The van der Waals surface area contributed by atoms with Crippen LogP contribution in [0.1, 0.15) is 27.0 Å². The Kier molecular flexibility index (Phi) is 6.08. The van der Waals surface area contributed by atoms with Crippen LogP contribution >= 0.6 is 11.3 Å². The molecule has 1 saturated heterocycles. The number of benzene rings is 2. The number of carbonyl (C=O) groups excluding carboxylic acids is 3. The lowest BCUT2D eigenvalue weighted by molar-refractivity contribution is -0.130. The Morgan fingerprint density at radius 3 is 2.58 bits per heavy atom. The molecular formula is C23H23N3O5S2. The lowest BCUT2D eigenvalue weighted by atomic mass is 9.88. The Bertz CT molecular complexity index is 1360. The standard InChI is InChI=1S/C23H23N3O5S2/c1-23(18-9-5-7-15-6-3-4-8-17(15)18)21(28)26(22(29)25-23)14-19(27)20-11-10-16(32-20)12-13-24-33(2,30)31/h3-11,24H,12-14H2,1-2H3,(H,25,29)/t23-/m1/s1. The molecule has 2 aromatic carbocycles. The van der Waals surface area contributed by atoms with Crippen molar-refractivity contribution in [3.05, 3.63) is 69.9 Å². The highest BCUT2D eigenvalue weighted by molar-refractivity contribution is 7.88. The predicted molar refractivity (Wildman–Crippen MR) is 127 cm³/mol. The van der Waals surface area contributed by atoms with Gasteiger partial charge in [-0.25, -0.2) is 17.9 Å². The average Bonchev–Trinajstić information content (AvgIpc) is 3.31. The van der Waals surface area contributed by atoms with Gasteiger partial charge in [0.05, 0.1) is 17.7 Å². The van der Waals surface area contributed by atoms with E-state index in [-0.39, 0.29) is 18.9 Å². The van der Waals surface area contributed by atoms with Crippen LogP contribution in [0.5, 0.6) is 0 Å². The van der Waals surface area contributed by atoms with Crippen LogP contribution in [-0.2, 0) is 26.8 Å². The summed E-state index contributed by atoms with van der Waals surface area (Å²) in [5.41, 5.74) is -0.610. The van der Waals surface area contributed by atoms with Gasteiger partial charge in [-0.15, -0.1) is 11.3 Å². The van der Waals surface area contributed by atoms with Crippen LogP contribution in [0.3, 0.4) is 0 Å². The van der Waals surface area contributed by atoms with E-state index in [2.05, 4.69) is 10.0 Å². The highest BCUT2D eigenvalue weighted by atomic mass is 32.2. The van der Waals surface area contributed by atoms with Gasteiger partial charge >= 0.3 is 6.03 Å². The highest BCUT2D eigenvalue weighted by Crippen LogP contribution is 2.34. The Balaban J connectivity index is 1.50. The van der Waals surface area contributed by atoms with E-state index in [1.54, 1.807) is 19.1 Å². The molecule has 0 saturated carbocycles. The first-order chi connectivity index (χ1) is 15.6. The molecule has 33 heavy (non-hydrogen) atoms. The molecular weight excluding hydrogens is 462 g/mol. The number of Topliss-reactive ketones (excluding diaryl/α,β-unsaturated/α-hetero) is 1. The summed E-state index contributed by atoms with van der Waals surface area (Å²) < 4.78 is 24.8. The van der Waals surface area contributed by atoms with Crippen LogP contribution in [-0.4, -0.2) is 50.4 Å². The van der Waals surface area contributed by atoms with E-state index in [0.717, 1.165) is 26.8 Å². The number of ketones is 1. The minimum atomic E-state index is -3.28. The summed E-state index contributed by atoms with van der Waals surface area (Å²) in [4.78, 5) is 41.0. The zero-order chi connectivity index (χ0) is 23.8. The predicted octanol–water partition coefficient (Wildman–Crippen LogP) is 2.64. The number of amides is 3. The molecule has 1 aliphatic heterocycles. The first kappa shape index (κ1) is 23.1. The zero-order valence-corrected chi connectivity index (χ0v) is 19.8. The van der Waals surface area contributed by atoms with Crippen molar-refractivity contribution >= 4 is 49.9 Å². The number of rotatable bonds is 8. The molecule has 3 aromatic rings. The summed E-state index contributed by atoms with van der Waals surface area (Å²) in [6.45, 7) is 1.51. The van der Waals surface area contributed by atoms with Crippen LogP contribution in [0, 0.1) is 0 Å². The van der Waals surface area contributed by atoms with Gasteiger partial charge in [-0.1, -0.05) is 42.5 Å². The number of fused-ring (bicyclic) bond motifs is 1. The molecule has 0 radical (unpaired) electrons. The van der Waals surface area contributed by atoms with Crippen molar-refractivity contribution in [3.63, 3.8) is 0 Å². The number of urea groups is 1. The molecule has 4 rings (SSSR count). The average molecular weight is 486 g/mol. The van der Waals surface area contributed by atoms with Crippen molar-refractivity contribution in [1.29, 1.82) is 0 Å². The molecule has 1 atom stereocenters. The Labute approximate surface area is 195 Å². The second-order valence-electron chi connectivity index (χ2n) is 8.08. The largest absolute Gasteiger partial charge is 0.325 e. The maximum atomic E-state index is 13.3. The fraction of sp³-hybridized carbons (Fsp3) is 0.261. The van der Waals surface area contributed by atoms with Crippen molar-refractivity contribution in [2.24, 2.45) is 0 Å². The van der Waals surface area contributed by atoms with Crippen molar-refractivity contribution in [3.8, 4) is 0 Å². The number of nitrogens with zero attached hydrogens (tertiary/aromatic N) is 1. The molecule has 0 spiro atoms. The maximum absolute atomic E-state index is 13.3. The van der Waals surface area contributed by atoms with Crippen molar-refractivity contribution in [2.45, 2.75) is 18.9 Å². The fourth-order valence-corrected chi connectivity index (χ4v) is 5.34. The SMILES string of the molecule is C[C@]1(c2cccc3ccccc23)NC(=O)N(CC(=O)c2ccc(CCNS(C)(=O)=O)s2)C1=O. The van der Waals surface area contributed by atoms with E-state index < -0.39 is 27.5 Å². The number of thiophene rings is 1. The monoisotopic (exact) mass is 485 g/mol. The van der Waals surface area contributed by atoms with Crippen molar-refractivity contribution < 1.29 is 22.8 Å². The van der Waals surface area contributed by atoms with Gasteiger partial charge in [-0.05, 0) is 41.8 Å². The molecule has 2 heterocycles. The summed E-state index contributed by atoms with van der Waals surface area (Å²) in [5.74, 6) is -0.834. The molecule has 2 N–H and O–H groups in total. The Morgan fingerprint density at radius 2 is 1.82 bits per heavy atom. The number of carbonyl (C=O) groups is 3. The second-order valence-corrected chi connectivity index (χ2v) is 11.1. The molecule has 0 unspecified atom stereocenters. The Morgan fingerprint density at radius 1 is 1.09 bits per heavy atom. The van der Waals surface area contributed by atoms with Gasteiger partial charge in [0.15, 0.2) is 5.78 Å². The summed E-state index contributed by atoms with van der Waals surface area (Å²) in [5, 5.41) is 4.57. The van der Waals surface area contributed by atoms with Crippen LogP contribution in [0.15, 0.2) is 54.6 Å². The Hall–Kier alpha value is -3.08. The summed E-state index contributed by atoms with van der Waals surface area (Å²) in [6.07, 6.45) is 1.52. The first-order valence-electron chi connectivity index (χ1n) is 10.3. The third-order valence-electron chi connectivity index (χ3n) is 5.58. The van der Waals surface area contributed by atoms with Gasteiger partial charge in [0.2, 0.25) is 10.0 Å². The minimum absolute atomic E-state index is 0.226. The molecule has 1 aromatic heterocycles. The van der Waals surface area contributed by atoms with E-state index in [0.29, 0.717) is 16.9 Å². The molecule has 3 amide bonds. The molecule has 172 valence electrons. The number of hydrogen-bond acceptors (Lipinski definition) is 6. The molecule has 0 bridgehead atoms. The van der Waals surface area contributed by atoms with Gasteiger partial charge in [-0.2, -0.15) is 0 Å². The zero-order valence-electron chi connectivity index (χ0n) is 18.1. The third kappa shape index (κ3) is 4.68. The van der Waals surface area contributed by atoms with Gasteiger partial charge in [0, 0.05) is 11.4 Å². The van der Waals surface area contributed by atoms with Crippen molar-refractivity contribution in [1.82, 2.24) is 14.9 Å². The smallest absolute Gasteiger partial charge is 0.319 e. The van der Waals surface area contributed by atoms with E-state index >= 15 is 0 Å².